The van der Waals surface area contributed by atoms with Crippen molar-refractivity contribution in [1.29, 1.82) is 0 Å². The number of rotatable bonds is 6. The third-order valence-corrected chi connectivity index (χ3v) is 3.73. The maximum absolute atomic E-state index is 12.2. The molecule has 0 aliphatic heterocycles. The Morgan fingerprint density at radius 1 is 1.07 bits per heavy atom. The Bertz CT molecular complexity index is 933. The van der Waals surface area contributed by atoms with Crippen molar-refractivity contribution in [1.82, 2.24) is 20.4 Å². The van der Waals surface area contributed by atoms with Gasteiger partial charge in [-0.1, -0.05) is 11.6 Å². The van der Waals surface area contributed by atoms with Crippen LogP contribution < -0.4 is 26.6 Å². The van der Waals surface area contributed by atoms with Gasteiger partial charge in [0.25, 0.3) is 5.91 Å². The van der Waals surface area contributed by atoms with Crippen molar-refractivity contribution in [3.63, 3.8) is 0 Å². The fourth-order valence-corrected chi connectivity index (χ4v) is 2.21. The number of hydrazine groups is 1. The van der Waals surface area contributed by atoms with Crippen molar-refractivity contribution in [2.45, 2.75) is 0 Å². The van der Waals surface area contributed by atoms with E-state index in [1.807, 2.05) is 0 Å². The highest BCUT2D eigenvalue weighted by atomic mass is 35.5. The Balaban J connectivity index is 1.68. The third kappa shape index (κ3) is 4.53. The van der Waals surface area contributed by atoms with E-state index in [1.54, 1.807) is 43.5 Å². The second kappa shape index (κ2) is 8.19. The Morgan fingerprint density at radius 3 is 2.48 bits per heavy atom. The lowest BCUT2D eigenvalue weighted by Crippen LogP contribution is -2.30. The van der Waals surface area contributed by atoms with Crippen molar-refractivity contribution < 1.29 is 9.53 Å². The second-order valence-electron chi connectivity index (χ2n) is 5.28. The number of hydrogen-bond acceptors (Lipinski definition) is 8. The molecule has 138 valence electrons. The van der Waals surface area contributed by atoms with Gasteiger partial charge in [-0.05, 0) is 36.4 Å². The number of anilines is 4. The van der Waals surface area contributed by atoms with Crippen LogP contribution in [0.3, 0.4) is 0 Å². The van der Waals surface area contributed by atoms with Crippen LogP contribution in [0.5, 0.6) is 5.75 Å². The maximum atomic E-state index is 12.2. The summed E-state index contributed by atoms with van der Waals surface area (Å²) in [5.41, 5.74) is 11.9. The predicted octanol–water partition coefficient (Wildman–Crippen LogP) is 2.62. The van der Waals surface area contributed by atoms with Gasteiger partial charge in [0.2, 0.25) is 0 Å². The Morgan fingerprint density at radius 2 is 1.81 bits per heavy atom. The Hall–Kier alpha value is -3.59. The first kappa shape index (κ1) is 18.2. The fourth-order valence-electron chi connectivity index (χ4n) is 2.10. The molecule has 0 unspecified atom stereocenters. The molecule has 1 aromatic carbocycles. The molecule has 0 fully saturated rings. The van der Waals surface area contributed by atoms with Gasteiger partial charge in [-0.3, -0.25) is 15.6 Å². The summed E-state index contributed by atoms with van der Waals surface area (Å²) in [4.78, 5) is 24.4. The van der Waals surface area contributed by atoms with Gasteiger partial charge in [0.1, 0.15) is 23.6 Å². The lowest BCUT2D eigenvalue weighted by atomic mass is 10.2. The zero-order chi connectivity index (χ0) is 19.2. The molecule has 9 nitrogen and oxygen atoms in total. The highest BCUT2D eigenvalue weighted by Gasteiger charge is 2.11. The third-order valence-electron chi connectivity index (χ3n) is 3.50. The fraction of sp³-hybridized carbons (Fsp3) is 0.0588. The topological polar surface area (TPSA) is 127 Å². The molecule has 5 N–H and O–H groups in total. The maximum Gasteiger partial charge on any atom is 0.269 e. The molecule has 0 saturated heterocycles. The predicted molar refractivity (Wildman–Crippen MR) is 103 cm³/mol. The van der Waals surface area contributed by atoms with Crippen LogP contribution >= 0.6 is 11.6 Å². The van der Waals surface area contributed by atoms with Gasteiger partial charge in [-0.25, -0.2) is 15.0 Å². The standard InChI is InChI=1S/C17H16ClN7O2/c1-27-12-5-2-10(3-6-12)17(26)25-24-16-14(19)15(21-9-22-16)23-13-7-4-11(18)8-20-13/h2-9H,19H2,1H3,(H,25,26)(H2,20,21,22,23,24). The molecule has 0 bridgehead atoms. The number of hydrogen-bond donors (Lipinski definition) is 4. The van der Waals surface area contributed by atoms with Crippen LogP contribution in [0.1, 0.15) is 10.4 Å². The number of nitrogens with two attached hydrogens (primary N) is 1. The molecule has 0 spiro atoms. The monoisotopic (exact) mass is 385 g/mol. The van der Waals surface area contributed by atoms with Crippen molar-refractivity contribution in [2.75, 3.05) is 23.6 Å². The highest BCUT2D eigenvalue weighted by molar-refractivity contribution is 6.30. The normalized spacial score (nSPS) is 10.1. The summed E-state index contributed by atoms with van der Waals surface area (Å²) in [6.45, 7) is 0. The summed E-state index contributed by atoms with van der Waals surface area (Å²) >= 11 is 5.81. The van der Waals surface area contributed by atoms with E-state index in [0.717, 1.165) is 0 Å². The number of benzene rings is 1. The van der Waals surface area contributed by atoms with E-state index in [2.05, 4.69) is 31.1 Å². The summed E-state index contributed by atoms with van der Waals surface area (Å²) in [6.07, 6.45) is 2.80. The summed E-state index contributed by atoms with van der Waals surface area (Å²) < 4.78 is 5.06. The van der Waals surface area contributed by atoms with E-state index >= 15 is 0 Å². The van der Waals surface area contributed by atoms with Gasteiger partial charge < -0.3 is 15.8 Å². The minimum atomic E-state index is -0.357. The smallest absolute Gasteiger partial charge is 0.269 e. The number of nitrogens with one attached hydrogen (secondary N) is 3. The number of carbonyl (C=O) groups excluding carboxylic acids is 1. The largest absolute Gasteiger partial charge is 0.497 e. The van der Waals surface area contributed by atoms with E-state index in [9.17, 15) is 4.79 Å². The van der Waals surface area contributed by atoms with Gasteiger partial charge in [0.05, 0.1) is 12.1 Å². The molecular weight excluding hydrogens is 370 g/mol. The average molecular weight is 386 g/mol. The average Bonchev–Trinajstić information content (AvgIpc) is 2.70. The van der Waals surface area contributed by atoms with Crippen LogP contribution in [-0.2, 0) is 0 Å². The number of carbonyl (C=O) groups is 1. The number of pyridine rings is 1. The van der Waals surface area contributed by atoms with E-state index in [1.165, 1.54) is 12.5 Å². The Labute approximate surface area is 159 Å². The second-order valence-corrected chi connectivity index (χ2v) is 5.72. The lowest BCUT2D eigenvalue weighted by Gasteiger charge is -2.13. The van der Waals surface area contributed by atoms with E-state index in [0.29, 0.717) is 28.0 Å². The van der Waals surface area contributed by atoms with E-state index < -0.39 is 0 Å². The first-order valence-corrected chi connectivity index (χ1v) is 8.14. The molecular formula is C17H16ClN7O2. The van der Waals surface area contributed by atoms with Crippen LogP contribution in [0.2, 0.25) is 5.02 Å². The minimum Gasteiger partial charge on any atom is -0.497 e. The molecule has 3 rings (SSSR count). The van der Waals surface area contributed by atoms with Gasteiger partial charge in [0, 0.05) is 11.8 Å². The summed E-state index contributed by atoms with van der Waals surface area (Å²) in [7, 11) is 1.56. The van der Waals surface area contributed by atoms with Crippen molar-refractivity contribution in [3.05, 3.63) is 59.5 Å². The first-order chi connectivity index (χ1) is 13.1. The van der Waals surface area contributed by atoms with Crippen LogP contribution in [0.4, 0.5) is 23.1 Å². The minimum absolute atomic E-state index is 0.212. The van der Waals surface area contributed by atoms with Gasteiger partial charge >= 0.3 is 0 Å². The molecule has 1 amide bonds. The highest BCUT2D eigenvalue weighted by Crippen LogP contribution is 2.24. The number of aromatic nitrogens is 3. The number of halogens is 1. The summed E-state index contributed by atoms with van der Waals surface area (Å²) in [5, 5.41) is 3.47. The molecule has 10 heteroatoms. The van der Waals surface area contributed by atoms with Crippen LogP contribution in [0, 0.1) is 0 Å². The molecule has 27 heavy (non-hydrogen) atoms. The van der Waals surface area contributed by atoms with E-state index in [-0.39, 0.29) is 17.4 Å². The Kier molecular flexibility index (Phi) is 5.53. The van der Waals surface area contributed by atoms with Crippen LogP contribution in [0.25, 0.3) is 0 Å². The number of nitrogens with zero attached hydrogens (tertiary/aromatic N) is 3. The molecule has 0 aliphatic rings. The molecule has 3 aromatic rings. The van der Waals surface area contributed by atoms with Crippen LogP contribution in [-0.4, -0.2) is 28.0 Å². The van der Waals surface area contributed by atoms with Gasteiger partial charge in [0.15, 0.2) is 11.6 Å². The first-order valence-electron chi connectivity index (χ1n) is 7.76. The zero-order valence-electron chi connectivity index (χ0n) is 14.2. The lowest BCUT2D eigenvalue weighted by molar-refractivity contribution is 0.0962. The molecule has 0 aliphatic carbocycles. The molecule has 0 radical (unpaired) electrons. The van der Waals surface area contributed by atoms with Crippen LogP contribution in [0.15, 0.2) is 48.9 Å². The molecule has 0 atom stereocenters. The van der Waals surface area contributed by atoms with Crippen molar-refractivity contribution >= 4 is 40.6 Å². The number of nitrogen functional groups attached to an aromatic ring is 1. The SMILES string of the molecule is COc1ccc(C(=O)NNc2ncnc(Nc3ccc(Cl)cn3)c2N)cc1. The number of ether oxygens (including phenoxy) is 1. The summed E-state index contributed by atoms with van der Waals surface area (Å²) in [6, 6.07) is 10.0. The van der Waals surface area contributed by atoms with Gasteiger partial charge in [-0.15, -0.1) is 0 Å². The van der Waals surface area contributed by atoms with E-state index in [4.69, 9.17) is 22.1 Å². The summed E-state index contributed by atoms with van der Waals surface area (Å²) in [5.74, 6) is 1.39. The number of amides is 1. The van der Waals surface area contributed by atoms with Gasteiger partial charge in [-0.2, -0.15) is 0 Å². The van der Waals surface area contributed by atoms with Crippen molar-refractivity contribution in [3.8, 4) is 5.75 Å². The molecule has 2 aromatic heterocycles. The zero-order valence-corrected chi connectivity index (χ0v) is 15.0. The molecule has 2 heterocycles. The van der Waals surface area contributed by atoms with Crippen molar-refractivity contribution in [2.24, 2.45) is 0 Å². The quantitative estimate of drug-likeness (QED) is 0.477. The number of methoxy groups -OCH3 is 1. The molecule has 0 saturated carbocycles.